The van der Waals surface area contributed by atoms with Crippen molar-refractivity contribution in [2.24, 2.45) is 0 Å². The van der Waals surface area contributed by atoms with Crippen LogP contribution in [0.15, 0.2) is 91.0 Å². The molecule has 5 rings (SSSR count). The number of rotatable bonds is 1. The third-order valence-corrected chi connectivity index (χ3v) is 5.06. The Morgan fingerprint density at radius 3 is 1.80 bits per heavy atom. The average molecular weight is 318 g/mol. The fraction of sp³-hybridized carbons (Fsp3) is 0.0400. The molecule has 0 aromatic heterocycles. The van der Waals surface area contributed by atoms with Crippen LogP contribution < -0.4 is 0 Å². The fourth-order valence-corrected chi connectivity index (χ4v) is 3.85. The molecule has 0 heterocycles. The van der Waals surface area contributed by atoms with Crippen molar-refractivity contribution in [3.63, 3.8) is 0 Å². The molecule has 0 fully saturated rings. The van der Waals surface area contributed by atoms with Crippen LogP contribution in [-0.4, -0.2) is 0 Å². The Labute approximate surface area is 147 Å². The molecule has 0 amide bonds. The van der Waals surface area contributed by atoms with E-state index in [0.29, 0.717) is 0 Å². The molecule has 0 heteroatoms. The van der Waals surface area contributed by atoms with E-state index in [0.717, 1.165) is 0 Å². The quantitative estimate of drug-likeness (QED) is 0.289. The van der Waals surface area contributed by atoms with Crippen LogP contribution in [0, 0.1) is 6.92 Å². The molecule has 0 aliphatic rings. The summed E-state index contributed by atoms with van der Waals surface area (Å²) >= 11 is 0. The summed E-state index contributed by atoms with van der Waals surface area (Å²) in [4.78, 5) is 0. The van der Waals surface area contributed by atoms with Crippen molar-refractivity contribution in [2.45, 2.75) is 6.92 Å². The summed E-state index contributed by atoms with van der Waals surface area (Å²) in [6, 6.07) is 33.1. The molecule has 118 valence electrons. The fourth-order valence-electron chi connectivity index (χ4n) is 3.85. The summed E-state index contributed by atoms with van der Waals surface area (Å²) < 4.78 is 0. The van der Waals surface area contributed by atoms with E-state index in [1.165, 1.54) is 49.0 Å². The minimum absolute atomic E-state index is 1.28. The minimum Gasteiger partial charge on any atom is -0.0616 e. The molecule has 0 radical (unpaired) electrons. The predicted molar refractivity (Wildman–Crippen MR) is 109 cm³/mol. The van der Waals surface area contributed by atoms with Crippen LogP contribution in [0.3, 0.4) is 0 Å². The van der Waals surface area contributed by atoms with Gasteiger partial charge in [0.05, 0.1) is 0 Å². The van der Waals surface area contributed by atoms with Gasteiger partial charge in [0.25, 0.3) is 0 Å². The second kappa shape index (κ2) is 5.46. The van der Waals surface area contributed by atoms with E-state index < -0.39 is 0 Å². The normalized spacial score (nSPS) is 11.4. The summed E-state index contributed by atoms with van der Waals surface area (Å²) in [5.74, 6) is 0. The zero-order valence-corrected chi connectivity index (χ0v) is 14.2. The highest BCUT2D eigenvalue weighted by Gasteiger charge is 2.10. The van der Waals surface area contributed by atoms with Crippen molar-refractivity contribution in [2.75, 3.05) is 0 Å². The Kier molecular flexibility index (Phi) is 3.11. The third kappa shape index (κ3) is 2.30. The highest BCUT2D eigenvalue weighted by Crippen LogP contribution is 2.37. The van der Waals surface area contributed by atoms with Gasteiger partial charge in [-0.2, -0.15) is 0 Å². The molecule has 0 aliphatic heterocycles. The highest BCUT2D eigenvalue weighted by atomic mass is 14.1. The molecule has 0 aliphatic carbocycles. The molecule has 5 aromatic carbocycles. The molecule has 0 nitrogen and oxygen atoms in total. The van der Waals surface area contributed by atoms with Crippen LogP contribution >= 0.6 is 0 Å². The monoisotopic (exact) mass is 318 g/mol. The van der Waals surface area contributed by atoms with E-state index in [-0.39, 0.29) is 0 Å². The first-order valence-corrected chi connectivity index (χ1v) is 8.71. The average Bonchev–Trinajstić information content (AvgIpc) is 2.65. The second-order valence-corrected chi connectivity index (χ2v) is 6.76. The molecular formula is C25H18. The number of benzene rings is 5. The van der Waals surface area contributed by atoms with Gasteiger partial charge in [0.1, 0.15) is 0 Å². The van der Waals surface area contributed by atoms with Gasteiger partial charge in [-0.05, 0) is 62.5 Å². The first-order chi connectivity index (χ1) is 12.3. The number of fused-ring (bicyclic) bond motifs is 3. The maximum absolute atomic E-state index is 2.32. The van der Waals surface area contributed by atoms with Gasteiger partial charge in [-0.15, -0.1) is 0 Å². The second-order valence-electron chi connectivity index (χ2n) is 6.76. The summed E-state index contributed by atoms with van der Waals surface area (Å²) in [6.07, 6.45) is 0. The van der Waals surface area contributed by atoms with E-state index in [1.54, 1.807) is 0 Å². The van der Waals surface area contributed by atoms with Crippen molar-refractivity contribution >= 4 is 32.3 Å². The molecule has 0 atom stereocenters. The van der Waals surface area contributed by atoms with E-state index in [9.17, 15) is 0 Å². The Balaban J connectivity index is 1.91. The van der Waals surface area contributed by atoms with Gasteiger partial charge in [-0.25, -0.2) is 0 Å². The molecule has 0 saturated carbocycles. The van der Waals surface area contributed by atoms with Gasteiger partial charge in [0.15, 0.2) is 0 Å². The predicted octanol–water partition coefficient (Wildman–Crippen LogP) is 7.12. The zero-order chi connectivity index (χ0) is 16.8. The standard InChI is InChI=1S/C25H18/c1-17-10-11-19-15-22(13-12-18(19)14-17)25-23-8-4-2-6-20(23)16-21-7-3-5-9-24(21)25/h2-16H,1H3. The molecule has 0 spiro atoms. The molecular weight excluding hydrogens is 300 g/mol. The van der Waals surface area contributed by atoms with Crippen LogP contribution in [0.2, 0.25) is 0 Å². The lowest BCUT2D eigenvalue weighted by molar-refractivity contribution is 1.51. The summed E-state index contributed by atoms with van der Waals surface area (Å²) in [6.45, 7) is 2.14. The lowest BCUT2D eigenvalue weighted by Crippen LogP contribution is -1.86. The van der Waals surface area contributed by atoms with Crippen LogP contribution in [0.25, 0.3) is 43.4 Å². The number of hydrogen-bond donors (Lipinski definition) is 0. The van der Waals surface area contributed by atoms with Gasteiger partial charge < -0.3 is 0 Å². The summed E-state index contributed by atoms with van der Waals surface area (Å²) in [5, 5.41) is 7.80. The van der Waals surface area contributed by atoms with Crippen molar-refractivity contribution < 1.29 is 0 Å². The molecule has 0 saturated heterocycles. The zero-order valence-electron chi connectivity index (χ0n) is 14.2. The Morgan fingerprint density at radius 2 is 1.08 bits per heavy atom. The van der Waals surface area contributed by atoms with E-state index in [1.807, 2.05) is 0 Å². The molecule has 0 unspecified atom stereocenters. The van der Waals surface area contributed by atoms with Crippen LogP contribution in [0.4, 0.5) is 0 Å². The van der Waals surface area contributed by atoms with Crippen LogP contribution in [0.1, 0.15) is 5.56 Å². The first-order valence-electron chi connectivity index (χ1n) is 8.71. The largest absolute Gasteiger partial charge is 0.0616 e. The SMILES string of the molecule is Cc1ccc2cc(-c3c4ccccc4cc4ccccc34)ccc2c1. The van der Waals surface area contributed by atoms with Gasteiger partial charge in [0, 0.05) is 0 Å². The topological polar surface area (TPSA) is 0 Å². The number of hydrogen-bond acceptors (Lipinski definition) is 0. The lowest BCUT2D eigenvalue weighted by atomic mass is 9.91. The molecule has 25 heavy (non-hydrogen) atoms. The van der Waals surface area contributed by atoms with Crippen molar-refractivity contribution in [1.29, 1.82) is 0 Å². The third-order valence-electron chi connectivity index (χ3n) is 5.06. The Morgan fingerprint density at radius 1 is 0.480 bits per heavy atom. The van der Waals surface area contributed by atoms with Crippen molar-refractivity contribution in [3.05, 3.63) is 96.6 Å². The van der Waals surface area contributed by atoms with Crippen molar-refractivity contribution in [1.82, 2.24) is 0 Å². The molecule has 0 bridgehead atoms. The lowest BCUT2D eigenvalue weighted by Gasteiger charge is -2.13. The summed E-state index contributed by atoms with van der Waals surface area (Å²) in [5.41, 5.74) is 3.91. The summed E-state index contributed by atoms with van der Waals surface area (Å²) in [7, 11) is 0. The van der Waals surface area contributed by atoms with Gasteiger partial charge >= 0.3 is 0 Å². The van der Waals surface area contributed by atoms with E-state index in [2.05, 4.69) is 97.9 Å². The maximum Gasteiger partial charge on any atom is -0.00266 e. The Bertz CT molecular complexity index is 1190. The molecule has 5 aromatic rings. The Hall–Kier alpha value is -3.12. The smallest absolute Gasteiger partial charge is 0.00266 e. The minimum atomic E-state index is 1.28. The molecule has 0 N–H and O–H groups in total. The van der Waals surface area contributed by atoms with Gasteiger partial charge in [-0.3, -0.25) is 0 Å². The maximum atomic E-state index is 2.32. The van der Waals surface area contributed by atoms with Crippen LogP contribution in [-0.2, 0) is 0 Å². The number of aryl methyl sites for hydroxylation is 1. The first kappa shape index (κ1) is 14.2. The van der Waals surface area contributed by atoms with Gasteiger partial charge in [0.2, 0.25) is 0 Å². The van der Waals surface area contributed by atoms with E-state index in [4.69, 9.17) is 0 Å². The van der Waals surface area contributed by atoms with Crippen LogP contribution in [0.5, 0.6) is 0 Å². The highest BCUT2D eigenvalue weighted by molar-refractivity contribution is 6.13. The van der Waals surface area contributed by atoms with Gasteiger partial charge in [-0.1, -0.05) is 84.4 Å². The van der Waals surface area contributed by atoms with Crippen molar-refractivity contribution in [3.8, 4) is 11.1 Å². The van der Waals surface area contributed by atoms with E-state index >= 15 is 0 Å².